The molecule has 18 heavy (non-hydrogen) atoms. The second kappa shape index (κ2) is 4.56. The Hall–Kier alpha value is -1.06. The van der Waals surface area contributed by atoms with Crippen molar-refractivity contribution in [3.05, 3.63) is 29.8 Å². The van der Waals surface area contributed by atoms with E-state index in [4.69, 9.17) is 10.5 Å². The van der Waals surface area contributed by atoms with Gasteiger partial charge in [-0.25, -0.2) is 0 Å². The third kappa shape index (κ3) is 1.91. The monoisotopic (exact) mass is 246 g/mol. The fourth-order valence-corrected chi connectivity index (χ4v) is 3.43. The standard InChI is InChI=1S/C15H22N2O/c1-17-7-3-5-13(9-17)15(10-18-11-15)12-4-2-6-14(16)8-12/h2,4,6,8,13H,3,5,7,9-11,16H2,1H3. The minimum absolute atomic E-state index is 0.212. The van der Waals surface area contributed by atoms with Crippen molar-refractivity contribution in [1.29, 1.82) is 0 Å². The summed E-state index contributed by atoms with van der Waals surface area (Å²) < 4.78 is 5.56. The van der Waals surface area contributed by atoms with Crippen molar-refractivity contribution >= 4 is 5.69 Å². The number of rotatable bonds is 2. The molecule has 2 saturated heterocycles. The van der Waals surface area contributed by atoms with Crippen LogP contribution in [0, 0.1) is 5.92 Å². The fourth-order valence-electron chi connectivity index (χ4n) is 3.43. The van der Waals surface area contributed by atoms with E-state index in [1.165, 1.54) is 31.5 Å². The van der Waals surface area contributed by atoms with E-state index in [1.807, 2.05) is 6.07 Å². The van der Waals surface area contributed by atoms with Crippen LogP contribution in [-0.2, 0) is 10.2 Å². The van der Waals surface area contributed by atoms with Crippen molar-refractivity contribution in [2.24, 2.45) is 5.92 Å². The molecule has 0 bridgehead atoms. The van der Waals surface area contributed by atoms with Crippen LogP contribution in [0.2, 0.25) is 0 Å². The van der Waals surface area contributed by atoms with Gasteiger partial charge in [0.2, 0.25) is 0 Å². The van der Waals surface area contributed by atoms with Gasteiger partial charge in [-0.1, -0.05) is 12.1 Å². The molecule has 1 aromatic carbocycles. The van der Waals surface area contributed by atoms with E-state index in [2.05, 4.69) is 30.1 Å². The summed E-state index contributed by atoms with van der Waals surface area (Å²) in [5.74, 6) is 0.701. The zero-order chi connectivity index (χ0) is 12.6. The maximum Gasteiger partial charge on any atom is 0.0588 e. The molecule has 2 aliphatic rings. The Bertz CT molecular complexity index is 428. The number of ether oxygens (including phenoxy) is 1. The third-order valence-electron chi connectivity index (χ3n) is 4.59. The molecule has 2 N–H and O–H groups in total. The number of nitrogen functional groups attached to an aromatic ring is 1. The summed E-state index contributed by atoms with van der Waals surface area (Å²) in [7, 11) is 2.22. The number of piperidine rings is 1. The summed E-state index contributed by atoms with van der Waals surface area (Å²) in [5.41, 5.74) is 8.39. The molecule has 0 amide bonds. The van der Waals surface area contributed by atoms with Gasteiger partial charge in [0.05, 0.1) is 13.2 Å². The molecule has 2 aliphatic heterocycles. The van der Waals surface area contributed by atoms with E-state index < -0.39 is 0 Å². The van der Waals surface area contributed by atoms with Gasteiger partial charge in [0.25, 0.3) is 0 Å². The summed E-state index contributed by atoms with van der Waals surface area (Å²) >= 11 is 0. The molecular weight excluding hydrogens is 224 g/mol. The lowest BCUT2D eigenvalue weighted by atomic mass is 9.66. The molecule has 98 valence electrons. The molecule has 2 heterocycles. The van der Waals surface area contributed by atoms with E-state index >= 15 is 0 Å². The van der Waals surface area contributed by atoms with E-state index in [1.54, 1.807) is 0 Å². The van der Waals surface area contributed by atoms with Gasteiger partial charge in [0, 0.05) is 17.6 Å². The molecule has 1 aromatic rings. The van der Waals surface area contributed by atoms with Crippen LogP contribution in [0.4, 0.5) is 5.69 Å². The van der Waals surface area contributed by atoms with Gasteiger partial charge >= 0.3 is 0 Å². The number of nitrogens with zero attached hydrogens (tertiary/aromatic N) is 1. The quantitative estimate of drug-likeness (QED) is 0.810. The topological polar surface area (TPSA) is 38.5 Å². The van der Waals surface area contributed by atoms with Crippen molar-refractivity contribution in [2.75, 3.05) is 39.1 Å². The summed E-state index contributed by atoms with van der Waals surface area (Å²) in [6, 6.07) is 8.38. The van der Waals surface area contributed by atoms with Crippen molar-refractivity contribution in [1.82, 2.24) is 4.90 Å². The Kier molecular flexibility index (Phi) is 3.04. The van der Waals surface area contributed by atoms with Gasteiger partial charge in [-0.15, -0.1) is 0 Å². The van der Waals surface area contributed by atoms with Crippen LogP contribution >= 0.6 is 0 Å². The van der Waals surface area contributed by atoms with Crippen LogP contribution in [0.25, 0.3) is 0 Å². The highest BCUT2D eigenvalue weighted by Gasteiger charge is 2.47. The lowest BCUT2D eigenvalue weighted by Crippen LogP contribution is -2.56. The maximum absolute atomic E-state index is 5.94. The molecule has 1 unspecified atom stereocenters. The lowest BCUT2D eigenvalue weighted by Gasteiger charge is -2.50. The summed E-state index contributed by atoms with van der Waals surface area (Å²) in [6.45, 7) is 4.12. The van der Waals surface area contributed by atoms with Crippen molar-refractivity contribution in [3.8, 4) is 0 Å². The van der Waals surface area contributed by atoms with Crippen LogP contribution in [0.1, 0.15) is 18.4 Å². The Morgan fingerprint density at radius 3 is 2.83 bits per heavy atom. The van der Waals surface area contributed by atoms with Gasteiger partial charge in [0.15, 0.2) is 0 Å². The van der Waals surface area contributed by atoms with E-state index in [-0.39, 0.29) is 5.41 Å². The van der Waals surface area contributed by atoms with E-state index in [0.717, 1.165) is 18.9 Å². The van der Waals surface area contributed by atoms with Gasteiger partial charge in [-0.2, -0.15) is 0 Å². The third-order valence-corrected chi connectivity index (χ3v) is 4.59. The normalized spacial score (nSPS) is 27.7. The van der Waals surface area contributed by atoms with Crippen LogP contribution in [0.15, 0.2) is 24.3 Å². The molecule has 3 rings (SSSR count). The van der Waals surface area contributed by atoms with Crippen LogP contribution in [0.3, 0.4) is 0 Å². The first kappa shape index (κ1) is 12.0. The second-order valence-electron chi connectivity index (χ2n) is 5.88. The van der Waals surface area contributed by atoms with E-state index in [0.29, 0.717) is 5.92 Å². The number of likely N-dealkylation sites (tertiary alicyclic amines) is 1. The maximum atomic E-state index is 5.94. The predicted octanol–water partition coefficient (Wildman–Crippen LogP) is 1.88. The SMILES string of the molecule is CN1CCCC(C2(c3cccc(N)c3)COC2)C1. The fraction of sp³-hybridized carbons (Fsp3) is 0.600. The number of hydrogen-bond acceptors (Lipinski definition) is 3. The largest absolute Gasteiger partial charge is 0.399 e. The molecule has 1 atom stereocenters. The first-order valence-electron chi connectivity index (χ1n) is 6.83. The molecule has 0 spiro atoms. The Labute approximate surface area is 109 Å². The summed E-state index contributed by atoms with van der Waals surface area (Å²) in [4.78, 5) is 2.44. The average molecular weight is 246 g/mol. The Morgan fingerprint density at radius 1 is 1.39 bits per heavy atom. The van der Waals surface area contributed by atoms with Gasteiger partial charge < -0.3 is 15.4 Å². The second-order valence-corrected chi connectivity index (χ2v) is 5.88. The highest BCUT2D eigenvalue weighted by molar-refractivity contribution is 5.44. The van der Waals surface area contributed by atoms with Crippen LogP contribution < -0.4 is 5.73 Å². The van der Waals surface area contributed by atoms with Crippen molar-refractivity contribution in [3.63, 3.8) is 0 Å². The Balaban J connectivity index is 1.89. The molecule has 3 nitrogen and oxygen atoms in total. The number of benzene rings is 1. The highest BCUT2D eigenvalue weighted by atomic mass is 16.5. The van der Waals surface area contributed by atoms with Gasteiger partial charge in [-0.3, -0.25) is 0 Å². The first-order valence-corrected chi connectivity index (χ1v) is 6.83. The molecule has 0 radical (unpaired) electrons. The van der Waals surface area contributed by atoms with Crippen LogP contribution in [-0.4, -0.2) is 38.3 Å². The molecule has 2 fully saturated rings. The average Bonchev–Trinajstić information content (AvgIpc) is 2.28. The molecule has 0 saturated carbocycles. The van der Waals surface area contributed by atoms with Crippen LogP contribution in [0.5, 0.6) is 0 Å². The highest BCUT2D eigenvalue weighted by Crippen LogP contribution is 2.43. The summed E-state index contributed by atoms with van der Waals surface area (Å²) in [5, 5.41) is 0. The first-order chi connectivity index (χ1) is 8.71. The summed E-state index contributed by atoms with van der Waals surface area (Å²) in [6.07, 6.45) is 2.60. The minimum Gasteiger partial charge on any atom is -0.399 e. The molecular formula is C15H22N2O. The number of nitrogens with two attached hydrogens (primary N) is 1. The minimum atomic E-state index is 0.212. The zero-order valence-corrected chi connectivity index (χ0v) is 11.1. The van der Waals surface area contributed by atoms with Crippen molar-refractivity contribution in [2.45, 2.75) is 18.3 Å². The molecule has 0 aliphatic carbocycles. The number of hydrogen-bond donors (Lipinski definition) is 1. The smallest absolute Gasteiger partial charge is 0.0588 e. The molecule has 3 heteroatoms. The lowest BCUT2D eigenvalue weighted by molar-refractivity contribution is -0.102. The predicted molar refractivity (Wildman–Crippen MR) is 73.6 cm³/mol. The van der Waals surface area contributed by atoms with Gasteiger partial charge in [0.1, 0.15) is 0 Å². The zero-order valence-electron chi connectivity index (χ0n) is 11.1. The number of anilines is 1. The molecule has 0 aromatic heterocycles. The van der Waals surface area contributed by atoms with Gasteiger partial charge in [-0.05, 0) is 50.0 Å². The van der Waals surface area contributed by atoms with Crippen molar-refractivity contribution < 1.29 is 4.74 Å². The Morgan fingerprint density at radius 2 is 2.22 bits per heavy atom. The van der Waals surface area contributed by atoms with E-state index in [9.17, 15) is 0 Å².